The van der Waals surface area contributed by atoms with E-state index in [2.05, 4.69) is 5.10 Å². The Balaban J connectivity index is 2.10. The van der Waals surface area contributed by atoms with Crippen molar-refractivity contribution in [3.05, 3.63) is 28.2 Å². The predicted molar refractivity (Wildman–Crippen MR) is 63.0 cm³/mol. The average Bonchev–Trinajstić information content (AvgIpc) is 2.41. The number of piperazine rings is 1. The van der Waals surface area contributed by atoms with Crippen molar-refractivity contribution in [3.8, 4) is 0 Å². The summed E-state index contributed by atoms with van der Waals surface area (Å²) in [6.45, 7) is 2.03. The van der Waals surface area contributed by atoms with E-state index >= 15 is 0 Å². The van der Waals surface area contributed by atoms with Gasteiger partial charge in [0.1, 0.15) is 5.69 Å². The van der Waals surface area contributed by atoms with Gasteiger partial charge in [0.2, 0.25) is 6.41 Å². The number of aryl methyl sites for hydroxylation is 1. The fourth-order valence-electron chi connectivity index (χ4n) is 1.81. The highest BCUT2D eigenvalue weighted by molar-refractivity contribution is 5.92. The van der Waals surface area contributed by atoms with Crippen LogP contribution < -0.4 is 5.56 Å². The third-order valence-electron chi connectivity index (χ3n) is 2.93. The van der Waals surface area contributed by atoms with Crippen molar-refractivity contribution in [3.63, 3.8) is 0 Å². The van der Waals surface area contributed by atoms with Crippen molar-refractivity contribution < 1.29 is 9.59 Å². The van der Waals surface area contributed by atoms with E-state index in [-0.39, 0.29) is 17.2 Å². The average molecular weight is 250 g/mol. The van der Waals surface area contributed by atoms with Gasteiger partial charge in [-0.05, 0) is 6.07 Å². The molecule has 0 spiro atoms. The molecule has 0 N–H and O–H groups in total. The second kappa shape index (κ2) is 4.99. The quantitative estimate of drug-likeness (QED) is 0.611. The SMILES string of the molecule is Cn1nc(C(=O)N2CCN(C=O)CC2)ccc1=O. The van der Waals surface area contributed by atoms with Gasteiger partial charge < -0.3 is 9.80 Å². The van der Waals surface area contributed by atoms with Crippen LogP contribution in [-0.4, -0.2) is 58.1 Å². The summed E-state index contributed by atoms with van der Waals surface area (Å²) in [5, 5.41) is 3.92. The summed E-state index contributed by atoms with van der Waals surface area (Å²) in [5.41, 5.74) is -0.00558. The third kappa shape index (κ3) is 2.39. The van der Waals surface area contributed by atoms with Crippen molar-refractivity contribution in [2.75, 3.05) is 26.2 Å². The molecule has 0 radical (unpaired) electrons. The normalized spacial score (nSPS) is 15.6. The number of carbonyl (C=O) groups is 2. The zero-order valence-corrected chi connectivity index (χ0v) is 10.1. The molecule has 1 aliphatic rings. The van der Waals surface area contributed by atoms with Crippen LogP contribution in [0.2, 0.25) is 0 Å². The standard InChI is InChI=1S/C11H14N4O3/c1-13-10(17)3-2-9(12-13)11(18)15-6-4-14(8-16)5-7-15/h2-3,8H,4-7H2,1H3. The van der Waals surface area contributed by atoms with Gasteiger partial charge in [-0.25, -0.2) is 4.68 Å². The first-order chi connectivity index (χ1) is 8.61. The Morgan fingerprint density at radius 2 is 1.94 bits per heavy atom. The van der Waals surface area contributed by atoms with E-state index in [9.17, 15) is 14.4 Å². The van der Waals surface area contributed by atoms with Gasteiger partial charge in [-0.3, -0.25) is 14.4 Å². The fraction of sp³-hybridized carbons (Fsp3) is 0.455. The summed E-state index contributed by atoms with van der Waals surface area (Å²) >= 11 is 0. The molecular formula is C11H14N4O3. The number of hydrogen-bond donors (Lipinski definition) is 0. The van der Waals surface area contributed by atoms with E-state index in [0.29, 0.717) is 26.2 Å². The molecule has 0 unspecified atom stereocenters. The molecule has 1 aliphatic heterocycles. The zero-order valence-electron chi connectivity index (χ0n) is 10.1. The van der Waals surface area contributed by atoms with Gasteiger partial charge in [-0.15, -0.1) is 0 Å². The highest BCUT2D eigenvalue weighted by Crippen LogP contribution is 2.04. The lowest BCUT2D eigenvalue weighted by Crippen LogP contribution is -2.48. The van der Waals surface area contributed by atoms with Gasteiger partial charge in [-0.1, -0.05) is 0 Å². The molecule has 2 heterocycles. The molecule has 0 saturated carbocycles. The summed E-state index contributed by atoms with van der Waals surface area (Å²) in [4.78, 5) is 37.1. The van der Waals surface area contributed by atoms with Gasteiger partial charge in [0.25, 0.3) is 11.5 Å². The maximum atomic E-state index is 12.1. The molecular weight excluding hydrogens is 236 g/mol. The van der Waals surface area contributed by atoms with Gasteiger partial charge in [0.15, 0.2) is 0 Å². The van der Waals surface area contributed by atoms with Crippen LogP contribution in [0.5, 0.6) is 0 Å². The van der Waals surface area contributed by atoms with E-state index in [1.165, 1.54) is 19.2 Å². The summed E-state index contributed by atoms with van der Waals surface area (Å²) in [5.74, 6) is -0.212. The Labute approximate surface area is 104 Å². The smallest absolute Gasteiger partial charge is 0.274 e. The number of rotatable bonds is 2. The number of nitrogens with zero attached hydrogens (tertiary/aromatic N) is 4. The van der Waals surface area contributed by atoms with Crippen molar-refractivity contribution >= 4 is 12.3 Å². The number of amides is 2. The molecule has 0 aliphatic carbocycles. The number of carbonyl (C=O) groups excluding carboxylic acids is 2. The molecule has 96 valence electrons. The lowest BCUT2D eigenvalue weighted by molar-refractivity contribution is -0.119. The molecule has 7 nitrogen and oxygen atoms in total. The molecule has 7 heteroatoms. The minimum atomic E-state index is -0.252. The molecule has 2 amide bonds. The van der Waals surface area contributed by atoms with E-state index in [0.717, 1.165) is 11.1 Å². The van der Waals surface area contributed by atoms with E-state index in [1.807, 2.05) is 0 Å². The van der Waals surface area contributed by atoms with Crippen LogP contribution in [0.4, 0.5) is 0 Å². The third-order valence-corrected chi connectivity index (χ3v) is 2.93. The molecule has 18 heavy (non-hydrogen) atoms. The first kappa shape index (κ1) is 12.3. The minimum absolute atomic E-state index is 0.212. The summed E-state index contributed by atoms with van der Waals surface area (Å²) < 4.78 is 1.13. The summed E-state index contributed by atoms with van der Waals surface area (Å²) in [6, 6.07) is 2.75. The zero-order chi connectivity index (χ0) is 13.1. The second-order valence-electron chi connectivity index (χ2n) is 4.11. The fourth-order valence-corrected chi connectivity index (χ4v) is 1.81. The minimum Gasteiger partial charge on any atom is -0.342 e. The van der Waals surface area contributed by atoms with Gasteiger partial charge in [-0.2, -0.15) is 5.10 Å². The highest BCUT2D eigenvalue weighted by Gasteiger charge is 2.22. The largest absolute Gasteiger partial charge is 0.342 e. The van der Waals surface area contributed by atoms with Crippen LogP contribution in [0.3, 0.4) is 0 Å². The molecule has 1 saturated heterocycles. The lowest BCUT2D eigenvalue weighted by Gasteiger charge is -2.32. The van der Waals surface area contributed by atoms with E-state index in [4.69, 9.17) is 0 Å². The van der Waals surface area contributed by atoms with Crippen LogP contribution in [0.1, 0.15) is 10.5 Å². The van der Waals surface area contributed by atoms with Crippen molar-refractivity contribution in [2.24, 2.45) is 7.05 Å². The summed E-state index contributed by atoms with van der Waals surface area (Å²) in [7, 11) is 1.50. The van der Waals surface area contributed by atoms with Gasteiger partial charge in [0.05, 0.1) is 0 Å². The first-order valence-corrected chi connectivity index (χ1v) is 5.65. The van der Waals surface area contributed by atoms with E-state index in [1.54, 1.807) is 9.80 Å². The number of hydrogen-bond acceptors (Lipinski definition) is 4. The van der Waals surface area contributed by atoms with Crippen LogP contribution in [0.25, 0.3) is 0 Å². The van der Waals surface area contributed by atoms with Crippen molar-refractivity contribution in [1.29, 1.82) is 0 Å². The van der Waals surface area contributed by atoms with Crippen LogP contribution in [0, 0.1) is 0 Å². The van der Waals surface area contributed by atoms with Crippen molar-refractivity contribution in [1.82, 2.24) is 19.6 Å². The van der Waals surface area contributed by atoms with Crippen LogP contribution in [0.15, 0.2) is 16.9 Å². The van der Waals surface area contributed by atoms with Crippen LogP contribution in [-0.2, 0) is 11.8 Å². The Bertz CT molecular complexity index is 517. The maximum absolute atomic E-state index is 12.1. The van der Waals surface area contributed by atoms with Crippen molar-refractivity contribution in [2.45, 2.75) is 0 Å². The molecule has 0 atom stereocenters. The van der Waals surface area contributed by atoms with E-state index < -0.39 is 0 Å². The predicted octanol–water partition coefficient (Wildman–Crippen LogP) is -1.31. The second-order valence-corrected chi connectivity index (χ2v) is 4.11. The Hall–Kier alpha value is -2.18. The summed E-state index contributed by atoms with van der Waals surface area (Å²) in [6.07, 6.45) is 0.784. The highest BCUT2D eigenvalue weighted by atomic mass is 16.2. The molecule has 2 rings (SSSR count). The number of aromatic nitrogens is 2. The molecule has 1 fully saturated rings. The monoisotopic (exact) mass is 250 g/mol. The lowest BCUT2D eigenvalue weighted by atomic mass is 10.3. The molecule has 0 aromatic carbocycles. The Morgan fingerprint density at radius 3 is 2.50 bits per heavy atom. The Morgan fingerprint density at radius 1 is 1.28 bits per heavy atom. The molecule has 0 bridgehead atoms. The first-order valence-electron chi connectivity index (χ1n) is 5.65. The maximum Gasteiger partial charge on any atom is 0.274 e. The topological polar surface area (TPSA) is 75.5 Å². The van der Waals surface area contributed by atoms with Crippen LogP contribution >= 0.6 is 0 Å². The molecule has 1 aromatic heterocycles. The van der Waals surface area contributed by atoms with Gasteiger partial charge >= 0.3 is 0 Å². The Kier molecular flexibility index (Phi) is 3.40. The molecule has 1 aromatic rings. The van der Waals surface area contributed by atoms with Gasteiger partial charge in [0, 0.05) is 39.3 Å².